The molecular weight excluding hydrogens is 220 g/mol. The summed E-state index contributed by atoms with van der Waals surface area (Å²) in [7, 11) is 0. The molecule has 0 amide bonds. The molecule has 0 fully saturated rings. The molecule has 0 spiro atoms. The molecule has 0 aliphatic heterocycles. The Labute approximate surface area is 99.7 Å². The monoisotopic (exact) mass is 230 g/mol. The summed E-state index contributed by atoms with van der Waals surface area (Å²) in [6, 6.07) is 19.1. The van der Waals surface area contributed by atoms with Crippen molar-refractivity contribution in [2.24, 2.45) is 0 Å². The van der Waals surface area contributed by atoms with Crippen LogP contribution in [-0.4, -0.2) is 5.24 Å². The van der Waals surface area contributed by atoms with E-state index in [9.17, 15) is 4.79 Å². The largest absolute Gasteiger partial charge is 0.280 e. The highest BCUT2D eigenvalue weighted by atomic mass is 35.5. The average molecular weight is 231 g/mol. The van der Waals surface area contributed by atoms with Crippen LogP contribution >= 0.6 is 11.6 Å². The molecule has 0 N–H and O–H groups in total. The van der Waals surface area contributed by atoms with Crippen molar-refractivity contribution < 1.29 is 4.79 Å². The van der Waals surface area contributed by atoms with Crippen molar-refractivity contribution >= 4 is 16.8 Å². The Hall–Kier alpha value is -1.60. The van der Waals surface area contributed by atoms with Gasteiger partial charge in [0.1, 0.15) is 0 Å². The normalized spacial score (nSPS) is 10.4. The van der Waals surface area contributed by atoms with Gasteiger partial charge in [0.2, 0.25) is 5.24 Å². The molecule has 0 radical (unpaired) electrons. The predicted molar refractivity (Wildman–Crippen MR) is 65.6 cm³/mol. The predicted octanol–water partition coefficient (Wildman–Crippen LogP) is 3.58. The highest BCUT2D eigenvalue weighted by Crippen LogP contribution is 2.26. The maximum absolute atomic E-state index is 11.5. The molecule has 0 aliphatic carbocycles. The first kappa shape index (κ1) is 10.9. The van der Waals surface area contributed by atoms with Crippen LogP contribution < -0.4 is 0 Å². The summed E-state index contributed by atoms with van der Waals surface area (Å²) in [6.45, 7) is 0. The van der Waals surface area contributed by atoms with Crippen molar-refractivity contribution in [3.05, 3.63) is 71.8 Å². The second-order valence-corrected chi connectivity index (χ2v) is 3.93. The van der Waals surface area contributed by atoms with Crippen molar-refractivity contribution in [3.8, 4) is 0 Å². The fraction of sp³-hybridized carbons (Fsp3) is 0.0714. The number of halogens is 1. The van der Waals surface area contributed by atoms with Gasteiger partial charge in [0.15, 0.2) is 0 Å². The summed E-state index contributed by atoms with van der Waals surface area (Å²) in [5, 5.41) is -0.350. The van der Waals surface area contributed by atoms with Crippen LogP contribution in [0.1, 0.15) is 17.0 Å². The first-order valence-electron chi connectivity index (χ1n) is 5.08. The van der Waals surface area contributed by atoms with Gasteiger partial charge in [-0.2, -0.15) is 0 Å². The third-order valence-electron chi connectivity index (χ3n) is 2.49. The maximum atomic E-state index is 11.5. The van der Waals surface area contributed by atoms with Gasteiger partial charge < -0.3 is 0 Å². The number of rotatable bonds is 3. The number of carbonyl (C=O) groups excluding carboxylic acids is 1. The second-order valence-electron chi connectivity index (χ2n) is 3.56. The average Bonchev–Trinajstić information content (AvgIpc) is 2.31. The second kappa shape index (κ2) is 4.95. The van der Waals surface area contributed by atoms with Crippen LogP contribution in [0.4, 0.5) is 0 Å². The molecule has 2 rings (SSSR count). The molecule has 0 aromatic heterocycles. The summed E-state index contributed by atoms with van der Waals surface area (Å²) >= 11 is 5.67. The molecule has 2 aromatic carbocycles. The standard InChI is InChI=1S/C14H11ClO/c15-14(16)13(11-7-3-1-4-8-11)12-9-5-2-6-10-12/h1-10,13H. The van der Waals surface area contributed by atoms with Gasteiger partial charge >= 0.3 is 0 Å². The summed E-state index contributed by atoms with van der Waals surface area (Å²) < 4.78 is 0. The molecule has 0 atom stereocenters. The third kappa shape index (κ3) is 2.31. The van der Waals surface area contributed by atoms with Crippen molar-refractivity contribution in [2.75, 3.05) is 0 Å². The van der Waals surface area contributed by atoms with E-state index in [0.717, 1.165) is 11.1 Å². The van der Waals surface area contributed by atoms with Crippen LogP contribution in [0.3, 0.4) is 0 Å². The lowest BCUT2D eigenvalue weighted by Gasteiger charge is -2.12. The van der Waals surface area contributed by atoms with E-state index in [1.807, 2.05) is 60.7 Å². The lowest BCUT2D eigenvalue weighted by atomic mass is 9.93. The smallest absolute Gasteiger partial charge is 0.233 e. The van der Waals surface area contributed by atoms with Crippen molar-refractivity contribution in [2.45, 2.75) is 5.92 Å². The molecule has 2 heteroatoms. The van der Waals surface area contributed by atoms with Crippen LogP contribution in [0.25, 0.3) is 0 Å². The third-order valence-corrected chi connectivity index (χ3v) is 2.71. The topological polar surface area (TPSA) is 17.1 Å². The number of hydrogen-bond donors (Lipinski definition) is 0. The Morgan fingerprint density at radius 3 is 1.50 bits per heavy atom. The van der Waals surface area contributed by atoms with E-state index in [1.165, 1.54) is 0 Å². The van der Waals surface area contributed by atoms with Crippen molar-refractivity contribution in [1.29, 1.82) is 0 Å². The lowest BCUT2D eigenvalue weighted by Crippen LogP contribution is -2.08. The van der Waals surface area contributed by atoms with Gasteiger partial charge in [-0.3, -0.25) is 4.79 Å². The van der Waals surface area contributed by atoms with E-state index in [-0.39, 0.29) is 11.2 Å². The Bertz CT molecular complexity index is 425. The van der Waals surface area contributed by atoms with Crippen LogP contribution in [0, 0.1) is 0 Å². The van der Waals surface area contributed by atoms with Crippen LogP contribution in [0.2, 0.25) is 0 Å². The van der Waals surface area contributed by atoms with Crippen LogP contribution in [0.15, 0.2) is 60.7 Å². The van der Waals surface area contributed by atoms with E-state index >= 15 is 0 Å². The molecule has 16 heavy (non-hydrogen) atoms. The van der Waals surface area contributed by atoms with E-state index in [0.29, 0.717) is 0 Å². The molecular formula is C14H11ClO. The van der Waals surface area contributed by atoms with Gasteiger partial charge in [-0.05, 0) is 22.7 Å². The maximum Gasteiger partial charge on any atom is 0.233 e. The minimum absolute atomic E-state index is 0.350. The van der Waals surface area contributed by atoms with Crippen molar-refractivity contribution in [1.82, 2.24) is 0 Å². The number of benzene rings is 2. The van der Waals surface area contributed by atoms with Gasteiger partial charge in [0.05, 0.1) is 5.92 Å². The van der Waals surface area contributed by atoms with E-state index in [2.05, 4.69) is 0 Å². The molecule has 2 aromatic rings. The molecule has 0 heterocycles. The quantitative estimate of drug-likeness (QED) is 0.737. The Balaban J connectivity index is 2.44. The van der Waals surface area contributed by atoms with Crippen molar-refractivity contribution in [3.63, 3.8) is 0 Å². The summed E-state index contributed by atoms with van der Waals surface area (Å²) in [6.07, 6.45) is 0. The zero-order valence-corrected chi connectivity index (χ0v) is 9.39. The summed E-state index contributed by atoms with van der Waals surface area (Å²) in [5.74, 6) is -0.371. The van der Waals surface area contributed by atoms with E-state index < -0.39 is 0 Å². The Morgan fingerprint density at radius 1 is 0.812 bits per heavy atom. The molecule has 0 saturated heterocycles. The van der Waals surface area contributed by atoms with Crippen LogP contribution in [0.5, 0.6) is 0 Å². The zero-order valence-electron chi connectivity index (χ0n) is 8.64. The molecule has 0 aliphatic rings. The Morgan fingerprint density at radius 2 is 1.19 bits per heavy atom. The molecule has 1 nitrogen and oxygen atoms in total. The van der Waals surface area contributed by atoms with Gasteiger partial charge in [-0.25, -0.2) is 0 Å². The molecule has 0 unspecified atom stereocenters. The molecule has 0 bridgehead atoms. The zero-order chi connectivity index (χ0) is 11.4. The fourth-order valence-corrected chi connectivity index (χ4v) is 2.00. The highest BCUT2D eigenvalue weighted by molar-refractivity contribution is 6.65. The molecule has 80 valence electrons. The van der Waals surface area contributed by atoms with E-state index in [1.54, 1.807) is 0 Å². The highest BCUT2D eigenvalue weighted by Gasteiger charge is 2.19. The molecule has 0 saturated carbocycles. The minimum Gasteiger partial charge on any atom is -0.280 e. The fourth-order valence-electron chi connectivity index (χ4n) is 1.75. The minimum atomic E-state index is -0.371. The summed E-state index contributed by atoms with van der Waals surface area (Å²) in [5.41, 5.74) is 1.85. The lowest BCUT2D eigenvalue weighted by molar-refractivity contribution is -0.112. The van der Waals surface area contributed by atoms with Gasteiger partial charge in [0, 0.05) is 0 Å². The number of carbonyl (C=O) groups is 1. The summed E-state index contributed by atoms with van der Waals surface area (Å²) in [4.78, 5) is 11.5. The number of hydrogen-bond acceptors (Lipinski definition) is 1. The van der Waals surface area contributed by atoms with Gasteiger partial charge in [-0.15, -0.1) is 0 Å². The van der Waals surface area contributed by atoms with E-state index in [4.69, 9.17) is 11.6 Å². The SMILES string of the molecule is O=C(Cl)C(c1ccccc1)c1ccccc1. The first-order chi connectivity index (χ1) is 7.79. The first-order valence-corrected chi connectivity index (χ1v) is 5.46. The van der Waals surface area contributed by atoms with Gasteiger partial charge in [-0.1, -0.05) is 60.7 Å². The van der Waals surface area contributed by atoms with Gasteiger partial charge in [0.25, 0.3) is 0 Å². The Kier molecular flexibility index (Phi) is 3.37. The van der Waals surface area contributed by atoms with Crippen LogP contribution in [-0.2, 0) is 4.79 Å².